The minimum Gasteiger partial charge on any atom is -0.455 e. The molecule has 10 rings (SSSR count). The van der Waals surface area contributed by atoms with Crippen molar-refractivity contribution in [3.8, 4) is 78.7 Å². The molecule has 0 amide bonds. The maximum Gasteiger partial charge on any atom is 0.164 e. The summed E-state index contributed by atoms with van der Waals surface area (Å²) in [6.45, 7) is 0. The number of benzene rings is 8. The number of para-hydroxylation sites is 2. The van der Waals surface area contributed by atoms with Crippen LogP contribution in [0.15, 0.2) is 205 Å². The Balaban J connectivity index is 1.03. The minimum atomic E-state index is 0.611. The molecule has 0 aliphatic rings. The first kappa shape index (κ1) is 32.2. The average molecular weight is 704 g/mol. The van der Waals surface area contributed by atoms with E-state index < -0.39 is 0 Å². The molecule has 0 unspecified atom stereocenters. The summed E-state index contributed by atoms with van der Waals surface area (Å²) >= 11 is 0. The summed E-state index contributed by atoms with van der Waals surface area (Å²) in [6, 6.07) is 69.3. The number of fused-ring (bicyclic) bond motifs is 3. The summed E-state index contributed by atoms with van der Waals surface area (Å²) in [5.74, 6) is 1.85. The summed E-state index contributed by atoms with van der Waals surface area (Å²) in [6.07, 6.45) is 0. The standard InChI is InChI=1S/C51H33N3O/c1-3-11-34(12-4-1)36-21-27-39(28-22-36)49-52-50(40-29-23-37(24-30-40)43-16-9-15-42(33-43)35-13-5-2-6-14-35)54-51(53-49)41-31-25-38(26-32-41)44-18-10-19-46-45-17-7-8-20-47(45)55-48(44)46/h1-33H. The average Bonchev–Trinajstić information content (AvgIpc) is 3.66. The molecule has 0 aliphatic heterocycles. The van der Waals surface area contributed by atoms with Gasteiger partial charge in [0.2, 0.25) is 0 Å². The van der Waals surface area contributed by atoms with Gasteiger partial charge in [0.15, 0.2) is 17.5 Å². The number of hydrogen-bond acceptors (Lipinski definition) is 4. The molecular formula is C51H33N3O. The number of rotatable bonds is 7. The van der Waals surface area contributed by atoms with E-state index in [2.05, 4.69) is 170 Å². The van der Waals surface area contributed by atoms with Gasteiger partial charge in [-0.15, -0.1) is 0 Å². The maximum atomic E-state index is 6.35. The summed E-state index contributed by atoms with van der Waals surface area (Å²) in [7, 11) is 0. The molecule has 55 heavy (non-hydrogen) atoms. The van der Waals surface area contributed by atoms with E-state index in [9.17, 15) is 0 Å². The van der Waals surface area contributed by atoms with Crippen LogP contribution in [0.2, 0.25) is 0 Å². The lowest BCUT2D eigenvalue weighted by molar-refractivity contribution is 0.670. The zero-order chi connectivity index (χ0) is 36.6. The molecule has 0 bridgehead atoms. The lowest BCUT2D eigenvalue weighted by Crippen LogP contribution is -2.00. The third kappa shape index (κ3) is 6.26. The van der Waals surface area contributed by atoms with Crippen LogP contribution in [0.4, 0.5) is 0 Å². The van der Waals surface area contributed by atoms with Gasteiger partial charge in [-0.3, -0.25) is 0 Å². The van der Waals surface area contributed by atoms with Crippen molar-refractivity contribution in [1.29, 1.82) is 0 Å². The van der Waals surface area contributed by atoms with Crippen molar-refractivity contribution in [2.75, 3.05) is 0 Å². The molecule has 0 aliphatic carbocycles. The fraction of sp³-hybridized carbons (Fsp3) is 0. The fourth-order valence-electron chi connectivity index (χ4n) is 7.30. The van der Waals surface area contributed by atoms with Crippen LogP contribution in [-0.4, -0.2) is 15.0 Å². The molecule has 258 valence electrons. The van der Waals surface area contributed by atoms with Crippen LogP contribution in [0.3, 0.4) is 0 Å². The highest BCUT2D eigenvalue weighted by atomic mass is 16.3. The van der Waals surface area contributed by atoms with E-state index in [4.69, 9.17) is 19.4 Å². The van der Waals surface area contributed by atoms with Gasteiger partial charge in [-0.2, -0.15) is 0 Å². The van der Waals surface area contributed by atoms with Gasteiger partial charge in [-0.25, -0.2) is 15.0 Å². The van der Waals surface area contributed by atoms with Crippen LogP contribution < -0.4 is 0 Å². The van der Waals surface area contributed by atoms with E-state index in [0.29, 0.717) is 17.5 Å². The predicted octanol–water partition coefficient (Wildman–Crippen LogP) is 13.4. The second-order valence-corrected chi connectivity index (χ2v) is 13.6. The van der Waals surface area contributed by atoms with Crippen molar-refractivity contribution in [2.45, 2.75) is 0 Å². The Hall–Kier alpha value is -7.43. The predicted molar refractivity (Wildman–Crippen MR) is 225 cm³/mol. The molecular weight excluding hydrogens is 671 g/mol. The molecule has 0 N–H and O–H groups in total. The van der Waals surface area contributed by atoms with Crippen LogP contribution in [-0.2, 0) is 0 Å². The molecule has 0 saturated carbocycles. The Labute approximate surface area is 319 Å². The molecule has 4 heteroatoms. The van der Waals surface area contributed by atoms with E-state index in [-0.39, 0.29) is 0 Å². The zero-order valence-corrected chi connectivity index (χ0v) is 29.8. The third-order valence-electron chi connectivity index (χ3n) is 10.2. The van der Waals surface area contributed by atoms with Gasteiger partial charge in [0, 0.05) is 33.0 Å². The topological polar surface area (TPSA) is 51.8 Å². The zero-order valence-electron chi connectivity index (χ0n) is 29.8. The summed E-state index contributed by atoms with van der Waals surface area (Å²) in [4.78, 5) is 15.2. The van der Waals surface area contributed by atoms with Gasteiger partial charge in [0.05, 0.1) is 0 Å². The Kier molecular flexibility index (Phi) is 8.12. The van der Waals surface area contributed by atoms with Crippen LogP contribution in [0, 0.1) is 0 Å². The number of hydrogen-bond donors (Lipinski definition) is 0. The van der Waals surface area contributed by atoms with Crippen molar-refractivity contribution in [2.24, 2.45) is 0 Å². The SMILES string of the molecule is c1ccc(-c2ccc(-c3nc(-c4ccc(-c5cccc(-c6ccccc6)c5)cc4)nc(-c4ccc(-c5cccc6c5oc5ccccc56)cc4)n3)cc2)cc1. The summed E-state index contributed by atoms with van der Waals surface area (Å²) in [5.41, 5.74) is 13.6. The Morgan fingerprint density at radius 3 is 1.22 bits per heavy atom. The molecule has 0 radical (unpaired) electrons. The molecule has 8 aromatic carbocycles. The van der Waals surface area contributed by atoms with Crippen molar-refractivity contribution in [1.82, 2.24) is 15.0 Å². The maximum absolute atomic E-state index is 6.35. The van der Waals surface area contributed by atoms with Crippen molar-refractivity contribution < 1.29 is 4.42 Å². The van der Waals surface area contributed by atoms with E-state index in [1.54, 1.807) is 0 Å². The van der Waals surface area contributed by atoms with Gasteiger partial charge in [0.25, 0.3) is 0 Å². The van der Waals surface area contributed by atoms with Crippen LogP contribution in [0.5, 0.6) is 0 Å². The summed E-state index contributed by atoms with van der Waals surface area (Å²) in [5, 5.41) is 2.23. The highest BCUT2D eigenvalue weighted by Gasteiger charge is 2.15. The van der Waals surface area contributed by atoms with Crippen molar-refractivity contribution in [3.63, 3.8) is 0 Å². The lowest BCUT2D eigenvalue weighted by Gasteiger charge is -2.11. The largest absolute Gasteiger partial charge is 0.455 e. The quantitative estimate of drug-likeness (QED) is 0.166. The van der Waals surface area contributed by atoms with Gasteiger partial charge < -0.3 is 4.42 Å². The van der Waals surface area contributed by atoms with E-state index >= 15 is 0 Å². The Morgan fingerprint density at radius 2 is 0.655 bits per heavy atom. The molecule has 0 fully saturated rings. The molecule has 10 aromatic rings. The van der Waals surface area contributed by atoms with Crippen molar-refractivity contribution >= 4 is 21.9 Å². The first-order valence-corrected chi connectivity index (χ1v) is 18.4. The monoisotopic (exact) mass is 703 g/mol. The number of aromatic nitrogens is 3. The Bertz CT molecular complexity index is 2930. The van der Waals surface area contributed by atoms with Crippen molar-refractivity contribution in [3.05, 3.63) is 200 Å². The van der Waals surface area contributed by atoms with Crippen LogP contribution in [0.25, 0.3) is 101 Å². The van der Waals surface area contributed by atoms with Gasteiger partial charge in [-0.1, -0.05) is 188 Å². The van der Waals surface area contributed by atoms with Gasteiger partial charge >= 0.3 is 0 Å². The van der Waals surface area contributed by atoms with E-state index in [1.165, 1.54) is 16.7 Å². The molecule has 4 nitrogen and oxygen atoms in total. The second-order valence-electron chi connectivity index (χ2n) is 13.6. The Morgan fingerprint density at radius 1 is 0.273 bits per heavy atom. The molecule has 2 aromatic heterocycles. The molecule has 0 spiro atoms. The second kappa shape index (κ2) is 13.8. The third-order valence-corrected chi connectivity index (χ3v) is 10.2. The van der Waals surface area contributed by atoms with Crippen LogP contribution >= 0.6 is 0 Å². The highest BCUT2D eigenvalue weighted by molar-refractivity contribution is 6.09. The number of nitrogens with zero attached hydrogens (tertiary/aromatic N) is 3. The number of furan rings is 1. The van der Waals surface area contributed by atoms with Gasteiger partial charge in [-0.05, 0) is 51.1 Å². The molecule has 2 heterocycles. The normalized spacial score (nSPS) is 11.3. The van der Waals surface area contributed by atoms with E-state index in [1.807, 2.05) is 30.3 Å². The lowest BCUT2D eigenvalue weighted by atomic mass is 9.98. The minimum absolute atomic E-state index is 0.611. The highest BCUT2D eigenvalue weighted by Crippen LogP contribution is 2.37. The van der Waals surface area contributed by atoms with Crippen LogP contribution in [0.1, 0.15) is 0 Å². The fourth-order valence-corrected chi connectivity index (χ4v) is 7.30. The smallest absolute Gasteiger partial charge is 0.164 e. The first-order valence-electron chi connectivity index (χ1n) is 18.4. The summed E-state index contributed by atoms with van der Waals surface area (Å²) < 4.78 is 6.35. The van der Waals surface area contributed by atoms with Gasteiger partial charge in [0.1, 0.15) is 11.2 Å². The van der Waals surface area contributed by atoms with E-state index in [0.717, 1.165) is 66.4 Å². The molecule has 0 atom stereocenters. The first-order chi connectivity index (χ1) is 27.2. The molecule has 0 saturated heterocycles.